The number of sulfonamides is 1. The van der Waals surface area contributed by atoms with E-state index in [1.807, 2.05) is 6.92 Å². The summed E-state index contributed by atoms with van der Waals surface area (Å²) in [6.07, 6.45) is 2.67. The number of rotatable bonds is 11. The van der Waals surface area contributed by atoms with Crippen LogP contribution in [0.15, 0.2) is 42.5 Å². The fraction of sp³-hybridized carbons (Fsp3) is 0.391. The monoisotopic (exact) mass is 547 g/mol. The molecule has 2 amide bonds. The molecule has 1 N–H and O–H groups in total. The predicted molar refractivity (Wildman–Crippen MR) is 138 cm³/mol. The standard InChI is InChI=1S/C23H28Cl3N3O4S/c1-4-5-12-27-23(31)16(2)28(14-17-8-6-7-9-19(17)25)22(30)15-29(34(3,32)33)21-13-18(24)10-11-20(21)26/h6-11,13,16H,4-5,12,14-15H2,1-3H3,(H,27,31)/t16-/m1/s1. The van der Waals surface area contributed by atoms with Gasteiger partial charge in [0.05, 0.1) is 17.0 Å². The van der Waals surface area contributed by atoms with Gasteiger partial charge in [-0.2, -0.15) is 0 Å². The molecule has 0 heterocycles. The maximum Gasteiger partial charge on any atom is 0.244 e. The zero-order chi connectivity index (χ0) is 25.5. The minimum absolute atomic E-state index is 0.0156. The third-order valence-electron chi connectivity index (χ3n) is 5.15. The lowest BCUT2D eigenvalue weighted by Crippen LogP contribution is -2.51. The van der Waals surface area contributed by atoms with Crippen LogP contribution in [0.4, 0.5) is 5.69 Å². The molecule has 7 nitrogen and oxygen atoms in total. The second kappa shape index (κ2) is 12.6. The third kappa shape index (κ3) is 7.77. The second-order valence-electron chi connectivity index (χ2n) is 7.80. The van der Waals surface area contributed by atoms with E-state index in [9.17, 15) is 18.0 Å². The molecule has 11 heteroatoms. The normalized spacial score (nSPS) is 12.2. The Morgan fingerprint density at radius 2 is 1.74 bits per heavy atom. The van der Waals surface area contributed by atoms with E-state index in [4.69, 9.17) is 34.8 Å². The van der Waals surface area contributed by atoms with E-state index in [2.05, 4.69) is 5.32 Å². The maximum absolute atomic E-state index is 13.5. The van der Waals surface area contributed by atoms with E-state index in [1.54, 1.807) is 31.2 Å². The smallest absolute Gasteiger partial charge is 0.244 e. The zero-order valence-corrected chi connectivity index (χ0v) is 22.3. The van der Waals surface area contributed by atoms with Gasteiger partial charge in [-0.05, 0) is 43.2 Å². The van der Waals surface area contributed by atoms with Crippen LogP contribution >= 0.6 is 34.8 Å². The SMILES string of the molecule is CCCCNC(=O)[C@@H](C)N(Cc1ccccc1Cl)C(=O)CN(c1cc(Cl)ccc1Cl)S(C)(=O)=O. The van der Waals surface area contributed by atoms with Crippen LogP contribution in [-0.4, -0.2) is 50.5 Å². The molecular weight excluding hydrogens is 521 g/mol. The Hall–Kier alpha value is -2.00. The Balaban J connectivity index is 2.41. The van der Waals surface area contributed by atoms with Gasteiger partial charge < -0.3 is 10.2 Å². The molecule has 0 unspecified atom stereocenters. The summed E-state index contributed by atoms with van der Waals surface area (Å²) in [5, 5.41) is 3.62. The van der Waals surface area contributed by atoms with Crippen molar-refractivity contribution in [1.29, 1.82) is 0 Å². The highest BCUT2D eigenvalue weighted by molar-refractivity contribution is 7.92. The predicted octanol–water partition coefficient (Wildman–Crippen LogP) is 4.75. The number of nitrogens with one attached hydrogen (secondary N) is 1. The van der Waals surface area contributed by atoms with E-state index < -0.39 is 28.5 Å². The topological polar surface area (TPSA) is 86.8 Å². The van der Waals surface area contributed by atoms with Gasteiger partial charge >= 0.3 is 0 Å². The molecule has 34 heavy (non-hydrogen) atoms. The second-order valence-corrected chi connectivity index (χ2v) is 11.0. The van der Waals surface area contributed by atoms with Crippen LogP contribution in [0, 0.1) is 0 Å². The first-order chi connectivity index (χ1) is 16.0. The molecule has 0 saturated carbocycles. The number of hydrogen-bond donors (Lipinski definition) is 1. The van der Waals surface area contributed by atoms with Crippen molar-refractivity contribution < 1.29 is 18.0 Å². The average Bonchev–Trinajstić information content (AvgIpc) is 2.77. The van der Waals surface area contributed by atoms with Crippen molar-refractivity contribution in [2.45, 2.75) is 39.3 Å². The molecule has 0 aromatic heterocycles. The van der Waals surface area contributed by atoms with Crippen LogP contribution in [0.3, 0.4) is 0 Å². The van der Waals surface area contributed by atoms with Crippen LogP contribution in [0.2, 0.25) is 15.1 Å². The Morgan fingerprint density at radius 3 is 2.35 bits per heavy atom. The first kappa shape index (κ1) is 28.2. The van der Waals surface area contributed by atoms with Gasteiger partial charge in [-0.15, -0.1) is 0 Å². The van der Waals surface area contributed by atoms with Crippen molar-refractivity contribution in [3.8, 4) is 0 Å². The highest BCUT2D eigenvalue weighted by Gasteiger charge is 2.31. The van der Waals surface area contributed by atoms with Crippen LogP contribution < -0.4 is 9.62 Å². The highest BCUT2D eigenvalue weighted by atomic mass is 35.5. The van der Waals surface area contributed by atoms with E-state index in [0.29, 0.717) is 17.1 Å². The Kier molecular flexibility index (Phi) is 10.5. The quantitative estimate of drug-likeness (QED) is 0.411. The molecule has 1 atom stereocenters. The first-order valence-corrected chi connectivity index (χ1v) is 13.7. The summed E-state index contributed by atoms with van der Waals surface area (Å²) in [5.74, 6) is -0.944. The van der Waals surface area contributed by atoms with E-state index in [1.165, 1.54) is 23.1 Å². The van der Waals surface area contributed by atoms with Gasteiger partial charge in [0, 0.05) is 23.1 Å². The largest absolute Gasteiger partial charge is 0.354 e. The fourth-order valence-electron chi connectivity index (χ4n) is 3.20. The number of nitrogens with zero attached hydrogens (tertiary/aromatic N) is 2. The molecule has 0 saturated heterocycles. The molecule has 0 aliphatic carbocycles. The summed E-state index contributed by atoms with van der Waals surface area (Å²) >= 11 is 18.6. The summed E-state index contributed by atoms with van der Waals surface area (Å²) in [5.41, 5.74) is 0.695. The summed E-state index contributed by atoms with van der Waals surface area (Å²) in [7, 11) is -3.91. The van der Waals surface area contributed by atoms with Gasteiger partial charge in [0.2, 0.25) is 21.8 Å². The number of anilines is 1. The summed E-state index contributed by atoms with van der Waals surface area (Å²) in [4.78, 5) is 27.6. The zero-order valence-electron chi connectivity index (χ0n) is 19.2. The van der Waals surface area contributed by atoms with Gasteiger partial charge in [-0.3, -0.25) is 13.9 Å². The number of halogens is 3. The van der Waals surface area contributed by atoms with E-state index >= 15 is 0 Å². The fourth-order valence-corrected chi connectivity index (χ4v) is 4.69. The number of unbranched alkanes of at least 4 members (excludes halogenated alkanes) is 1. The minimum Gasteiger partial charge on any atom is -0.354 e. The summed E-state index contributed by atoms with van der Waals surface area (Å²) in [6, 6.07) is 10.4. The molecule has 2 aromatic carbocycles. The van der Waals surface area contributed by atoms with Crippen molar-refractivity contribution in [3.05, 3.63) is 63.1 Å². The first-order valence-electron chi connectivity index (χ1n) is 10.7. The van der Waals surface area contributed by atoms with Crippen molar-refractivity contribution in [1.82, 2.24) is 10.2 Å². The van der Waals surface area contributed by atoms with E-state index in [-0.39, 0.29) is 28.2 Å². The lowest BCUT2D eigenvalue weighted by atomic mass is 10.1. The molecule has 0 bridgehead atoms. The molecule has 0 fully saturated rings. The Bertz CT molecular complexity index is 1130. The Labute approximate surface area is 216 Å². The molecule has 2 aromatic rings. The van der Waals surface area contributed by atoms with Crippen LogP contribution in [-0.2, 0) is 26.2 Å². The lowest BCUT2D eigenvalue weighted by Gasteiger charge is -2.32. The molecule has 0 aliphatic heterocycles. The van der Waals surface area contributed by atoms with Crippen LogP contribution in [0.25, 0.3) is 0 Å². The maximum atomic E-state index is 13.5. The molecule has 0 aliphatic rings. The van der Waals surface area contributed by atoms with Gasteiger partial charge in [0.1, 0.15) is 12.6 Å². The lowest BCUT2D eigenvalue weighted by molar-refractivity contribution is -0.139. The molecule has 2 rings (SSSR count). The van der Waals surface area contributed by atoms with Gasteiger partial charge in [0.15, 0.2) is 0 Å². The number of hydrogen-bond acceptors (Lipinski definition) is 4. The van der Waals surface area contributed by atoms with Crippen molar-refractivity contribution >= 4 is 62.3 Å². The molecular formula is C23H28Cl3N3O4S. The average molecular weight is 549 g/mol. The van der Waals surface area contributed by atoms with E-state index in [0.717, 1.165) is 23.4 Å². The van der Waals surface area contributed by atoms with Crippen LogP contribution in [0.1, 0.15) is 32.3 Å². The highest BCUT2D eigenvalue weighted by Crippen LogP contribution is 2.31. The molecule has 0 spiro atoms. The number of benzene rings is 2. The Morgan fingerprint density at radius 1 is 1.06 bits per heavy atom. The summed E-state index contributed by atoms with van der Waals surface area (Å²) in [6.45, 7) is 3.51. The number of amides is 2. The summed E-state index contributed by atoms with van der Waals surface area (Å²) < 4.78 is 26.1. The van der Waals surface area contributed by atoms with Gasteiger partial charge in [0.25, 0.3) is 0 Å². The van der Waals surface area contributed by atoms with Crippen molar-refractivity contribution in [2.24, 2.45) is 0 Å². The third-order valence-corrected chi connectivity index (χ3v) is 7.20. The van der Waals surface area contributed by atoms with Crippen molar-refractivity contribution in [3.63, 3.8) is 0 Å². The van der Waals surface area contributed by atoms with Crippen LogP contribution in [0.5, 0.6) is 0 Å². The van der Waals surface area contributed by atoms with Crippen molar-refractivity contribution in [2.75, 3.05) is 23.7 Å². The van der Waals surface area contributed by atoms with Gasteiger partial charge in [-0.1, -0.05) is 66.3 Å². The minimum atomic E-state index is -3.91. The molecule has 0 radical (unpaired) electrons. The van der Waals surface area contributed by atoms with Gasteiger partial charge in [-0.25, -0.2) is 8.42 Å². The number of carbonyl (C=O) groups excluding carboxylic acids is 2. The molecule has 186 valence electrons. The number of carbonyl (C=O) groups is 2.